The molecular formula is C21H25N5S. The Bertz CT molecular complexity index is 924. The molecule has 2 heterocycles. The topological polar surface area (TPSA) is 29.2 Å². The summed E-state index contributed by atoms with van der Waals surface area (Å²) in [5.74, 6) is 1.01. The summed E-state index contributed by atoms with van der Waals surface area (Å²) in [5, 5.41) is 4.80. The first-order valence-corrected chi connectivity index (χ1v) is 9.80. The van der Waals surface area contributed by atoms with Gasteiger partial charge < -0.3 is 9.47 Å². The predicted octanol–water partition coefficient (Wildman–Crippen LogP) is 3.32. The van der Waals surface area contributed by atoms with Crippen LogP contribution in [0.2, 0.25) is 0 Å². The van der Waals surface area contributed by atoms with Crippen molar-refractivity contribution in [3.8, 4) is 0 Å². The molecule has 0 amide bonds. The molecular weight excluding hydrogens is 354 g/mol. The van der Waals surface area contributed by atoms with E-state index in [2.05, 4.69) is 64.4 Å². The van der Waals surface area contributed by atoms with E-state index in [1.165, 1.54) is 11.3 Å². The largest absolute Gasteiger partial charge is 0.369 e. The Morgan fingerprint density at radius 2 is 1.52 bits per heavy atom. The van der Waals surface area contributed by atoms with Crippen LogP contribution in [0.1, 0.15) is 11.4 Å². The van der Waals surface area contributed by atoms with Crippen molar-refractivity contribution in [2.24, 2.45) is 7.05 Å². The van der Waals surface area contributed by atoms with Crippen molar-refractivity contribution in [2.75, 3.05) is 31.1 Å². The van der Waals surface area contributed by atoms with E-state index < -0.39 is 0 Å². The number of para-hydroxylation sites is 1. The minimum atomic E-state index is 0.754. The third-order valence-corrected chi connectivity index (χ3v) is 5.65. The van der Waals surface area contributed by atoms with Gasteiger partial charge in [0.25, 0.3) is 0 Å². The number of piperazine rings is 1. The first-order chi connectivity index (χ1) is 13.2. The SMILES string of the molecule is Cn1c(Cc2ccccc2)nn(CN2CCN(c3ccccc3)CC2)c1=S. The van der Waals surface area contributed by atoms with Crippen LogP contribution >= 0.6 is 12.2 Å². The van der Waals surface area contributed by atoms with Crippen molar-refractivity contribution in [1.29, 1.82) is 0 Å². The van der Waals surface area contributed by atoms with E-state index in [0.29, 0.717) is 0 Å². The van der Waals surface area contributed by atoms with Crippen LogP contribution in [0, 0.1) is 4.77 Å². The van der Waals surface area contributed by atoms with E-state index in [1.807, 2.05) is 22.4 Å². The summed E-state index contributed by atoms with van der Waals surface area (Å²) in [7, 11) is 2.01. The smallest absolute Gasteiger partial charge is 0.198 e. The Hall–Kier alpha value is -2.44. The van der Waals surface area contributed by atoms with Crippen LogP contribution in [-0.2, 0) is 20.1 Å². The van der Waals surface area contributed by atoms with Gasteiger partial charge in [0.15, 0.2) is 4.77 Å². The summed E-state index contributed by atoms with van der Waals surface area (Å²) in [6.45, 7) is 4.84. The van der Waals surface area contributed by atoms with Crippen LogP contribution in [0.4, 0.5) is 5.69 Å². The van der Waals surface area contributed by atoms with E-state index in [-0.39, 0.29) is 0 Å². The maximum Gasteiger partial charge on any atom is 0.198 e. The van der Waals surface area contributed by atoms with Crippen LogP contribution in [0.15, 0.2) is 60.7 Å². The minimum Gasteiger partial charge on any atom is -0.369 e. The van der Waals surface area contributed by atoms with E-state index >= 15 is 0 Å². The Labute approximate surface area is 165 Å². The first-order valence-electron chi connectivity index (χ1n) is 9.40. The zero-order valence-electron chi connectivity index (χ0n) is 15.7. The predicted molar refractivity (Wildman–Crippen MR) is 112 cm³/mol. The van der Waals surface area contributed by atoms with Gasteiger partial charge in [-0.15, -0.1) is 0 Å². The second-order valence-corrected chi connectivity index (χ2v) is 7.37. The number of hydrogen-bond acceptors (Lipinski definition) is 4. The van der Waals surface area contributed by atoms with Gasteiger partial charge in [0.1, 0.15) is 5.82 Å². The molecule has 0 bridgehead atoms. The molecule has 0 atom stereocenters. The van der Waals surface area contributed by atoms with Crippen LogP contribution in [0.3, 0.4) is 0 Å². The molecule has 1 saturated heterocycles. The molecule has 0 saturated carbocycles. The fourth-order valence-corrected chi connectivity index (χ4v) is 3.74. The summed E-state index contributed by atoms with van der Waals surface area (Å²) in [5.41, 5.74) is 2.56. The molecule has 1 aromatic heterocycles. The van der Waals surface area contributed by atoms with Crippen LogP contribution in [0.5, 0.6) is 0 Å². The van der Waals surface area contributed by atoms with Crippen molar-refractivity contribution in [1.82, 2.24) is 19.2 Å². The lowest BCUT2D eigenvalue weighted by Crippen LogP contribution is -2.47. The second-order valence-electron chi connectivity index (χ2n) is 7.00. The highest BCUT2D eigenvalue weighted by Crippen LogP contribution is 2.16. The van der Waals surface area contributed by atoms with Gasteiger partial charge in [0.2, 0.25) is 0 Å². The van der Waals surface area contributed by atoms with Gasteiger partial charge in [-0.25, -0.2) is 4.68 Å². The molecule has 3 aromatic rings. The zero-order chi connectivity index (χ0) is 18.6. The minimum absolute atomic E-state index is 0.754. The molecule has 1 fully saturated rings. The molecule has 4 rings (SSSR count). The summed E-state index contributed by atoms with van der Waals surface area (Å²) in [4.78, 5) is 4.86. The van der Waals surface area contributed by atoms with Crippen molar-refractivity contribution in [3.63, 3.8) is 0 Å². The molecule has 0 N–H and O–H groups in total. The third-order valence-electron chi connectivity index (χ3n) is 5.16. The molecule has 140 valence electrons. The van der Waals surface area contributed by atoms with E-state index in [1.54, 1.807) is 0 Å². The number of anilines is 1. The second kappa shape index (κ2) is 8.06. The van der Waals surface area contributed by atoms with Crippen molar-refractivity contribution in [2.45, 2.75) is 13.1 Å². The van der Waals surface area contributed by atoms with Gasteiger partial charge >= 0.3 is 0 Å². The number of nitrogens with zero attached hydrogens (tertiary/aromatic N) is 5. The van der Waals surface area contributed by atoms with Crippen molar-refractivity contribution >= 4 is 17.9 Å². The zero-order valence-corrected chi connectivity index (χ0v) is 16.5. The Morgan fingerprint density at radius 3 is 2.19 bits per heavy atom. The Morgan fingerprint density at radius 1 is 0.889 bits per heavy atom. The van der Waals surface area contributed by atoms with Gasteiger partial charge in [0, 0.05) is 45.3 Å². The maximum atomic E-state index is 5.62. The quantitative estimate of drug-likeness (QED) is 0.636. The molecule has 6 heteroatoms. The normalized spacial score (nSPS) is 15.2. The molecule has 0 aliphatic carbocycles. The average molecular weight is 380 g/mol. The van der Waals surface area contributed by atoms with E-state index in [4.69, 9.17) is 17.3 Å². The Balaban J connectivity index is 1.40. The van der Waals surface area contributed by atoms with Crippen molar-refractivity contribution < 1.29 is 0 Å². The van der Waals surface area contributed by atoms with Gasteiger partial charge in [-0.3, -0.25) is 4.90 Å². The molecule has 1 aliphatic heterocycles. The van der Waals surface area contributed by atoms with Gasteiger partial charge in [-0.1, -0.05) is 48.5 Å². The highest BCUT2D eigenvalue weighted by atomic mass is 32.1. The first kappa shape index (κ1) is 17.9. The standard InChI is InChI=1S/C21H25N5S/c1-23-20(16-18-8-4-2-5-9-18)22-26(21(23)27)17-24-12-14-25(15-13-24)19-10-6-3-7-11-19/h2-11H,12-17H2,1H3. The van der Waals surface area contributed by atoms with Gasteiger partial charge in [-0.05, 0) is 29.9 Å². The van der Waals surface area contributed by atoms with Crippen molar-refractivity contribution in [3.05, 3.63) is 76.8 Å². The lowest BCUT2D eigenvalue weighted by atomic mass is 10.1. The lowest BCUT2D eigenvalue weighted by molar-refractivity contribution is 0.194. The number of hydrogen-bond donors (Lipinski definition) is 0. The molecule has 27 heavy (non-hydrogen) atoms. The summed E-state index contributed by atoms with van der Waals surface area (Å²) >= 11 is 5.62. The van der Waals surface area contributed by atoms with Crippen LogP contribution < -0.4 is 4.90 Å². The van der Waals surface area contributed by atoms with Gasteiger partial charge in [-0.2, -0.15) is 5.10 Å². The van der Waals surface area contributed by atoms with Crippen LogP contribution in [-0.4, -0.2) is 45.4 Å². The number of benzene rings is 2. The monoisotopic (exact) mass is 379 g/mol. The van der Waals surface area contributed by atoms with E-state index in [9.17, 15) is 0 Å². The molecule has 0 unspecified atom stereocenters. The fraction of sp³-hybridized carbons (Fsp3) is 0.333. The fourth-order valence-electron chi connectivity index (χ4n) is 3.53. The summed E-state index contributed by atoms with van der Waals surface area (Å²) in [6.07, 6.45) is 0.801. The number of rotatable bonds is 5. The third kappa shape index (κ3) is 4.12. The molecule has 1 aliphatic rings. The summed E-state index contributed by atoms with van der Waals surface area (Å²) in [6, 6.07) is 21.1. The Kier molecular flexibility index (Phi) is 5.36. The van der Waals surface area contributed by atoms with Crippen LogP contribution in [0.25, 0.3) is 0 Å². The molecule has 0 spiro atoms. The lowest BCUT2D eigenvalue weighted by Gasteiger charge is -2.35. The molecule has 5 nitrogen and oxygen atoms in total. The number of aromatic nitrogens is 3. The average Bonchev–Trinajstić information content (AvgIpc) is 2.98. The molecule has 0 radical (unpaired) electrons. The highest BCUT2D eigenvalue weighted by molar-refractivity contribution is 7.71. The van der Waals surface area contributed by atoms with E-state index in [0.717, 1.165) is 49.9 Å². The highest BCUT2D eigenvalue weighted by Gasteiger charge is 2.18. The summed E-state index contributed by atoms with van der Waals surface area (Å²) < 4.78 is 4.78. The van der Waals surface area contributed by atoms with Gasteiger partial charge in [0.05, 0.1) is 6.67 Å². The maximum absolute atomic E-state index is 5.62. The molecule has 2 aromatic carbocycles.